The Morgan fingerprint density at radius 1 is 1.11 bits per heavy atom. The average Bonchev–Trinajstić information content (AvgIpc) is 3.03. The van der Waals surface area contributed by atoms with E-state index >= 15 is 0 Å². The van der Waals surface area contributed by atoms with Crippen molar-refractivity contribution in [2.45, 2.75) is 6.61 Å². The van der Waals surface area contributed by atoms with Gasteiger partial charge in [-0.1, -0.05) is 47.5 Å². The summed E-state index contributed by atoms with van der Waals surface area (Å²) in [7, 11) is 3.06. The van der Waals surface area contributed by atoms with Crippen molar-refractivity contribution in [3.63, 3.8) is 0 Å². The molecule has 8 heteroatoms. The minimum atomic E-state index is -0.435. The molecule has 28 heavy (non-hydrogen) atoms. The lowest BCUT2D eigenvalue weighted by atomic mass is 10.1. The molecular weight excluding hydrogens is 403 g/mol. The van der Waals surface area contributed by atoms with Gasteiger partial charge in [0.05, 0.1) is 28.9 Å². The first-order chi connectivity index (χ1) is 13.4. The summed E-state index contributed by atoms with van der Waals surface area (Å²) in [4.78, 5) is 26.5. The molecule has 0 saturated heterocycles. The van der Waals surface area contributed by atoms with Crippen molar-refractivity contribution in [1.29, 1.82) is 0 Å². The molecule has 6 nitrogen and oxygen atoms in total. The molecule has 0 fully saturated rings. The predicted molar refractivity (Wildman–Crippen MR) is 109 cm³/mol. The van der Waals surface area contributed by atoms with Gasteiger partial charge in [-0.25, -0.2) is 0 Å². The zero-order chi connectivity index (χ0) is 20.3. The highest BCUT2D eigenvalue weighted by molar-refractivity contribution is 6.39. The van der Waals surface area contributed by atoms with Gasteiger partial charge in [0.1, 0.15) is 5.58 Å². The smallest absolute Gasteiger partial charge is 0.290 e. The van der Waals surface area contributed by atoms with E-state index in [2.05, 4.69) is 5.32 Å². The maximum Gasteiger partial charge on any atom is 0.290 e. The molecule has 0 atom stereocenters. The van der Waals surface area contributed by atoms with Crippen molar-refractivity contribution in [2.24, 2.45) is 0 Å². The van der Waals surface area contributed by atoms with E-state index in [-0.39, 0.29) is 18.9 Å². The highest BCUT2D eigenvalue weighted by Gasteiger charge is 2.24. The molecule has 0 radical (unpaired) electrons. The molecule has 3 aromatic rings. The second-order valence-electron chi connectivity index (χ2n) is 6.14. The van der Waals surface area contributed by atoms with E-state index in [9.17, 15) is 9.59 Å². The SMILES string of the molecule is COCc1c(C(=O)N(C)CC(=O)Nc2c(Cl)cccc2Cl)oc2ccccc12. The van der Waals surface area contributed by atoms with Crippen molar-refractivity contribution in [1.82, 2.24) is 4.90 Å². The van der Waals surface area contributed by atoms with Crippen LogP contribution in [0.15, 0.2) is 46.9 Å². The quantitative estimate of drug-likeness (QED) is 0.632. The van der Waals surface area contributed by atoms with Crippen LogP contribution in [0.2, 0.25) is 10.0 Å². The van der Waals surface area contributed by atoms with E-state index in [0.29, 0.717) is 26.9 Å². The monoisotopic (exact) mass is 420 g/mol. The van der Waals surface area contributed by atoms with Gasteiger partial charge in [0, 0.05) is 25.1 Å². The van der Waals surface area contributed by atoms with E-state index in [0.717, 1.165) is 5.39 Å². The van der Waals surface area contributed by atoms with Crippen LogP contribution in [0.3, 0.4) is 0 Å². The third-order valence-electron chi connectivity index (χ3n) is 4.14. The first-order valence-electron chi connectivity index (χ1n) is 8.41. The summed E-state index contributed by atoms with van der Waals surface area (Å²) < 4.78 is 10.9. The van der Waals surface area contributed by atoms with Gasteiger partial charge < -0.3 is 19.4 Å². The van der Waals surface area contributed by atoms with E-state index in [1.807, 2.05) is 18.2 Å². The van der Waals surface area contributed by atoms with E-state index in [1.165, 1.54) is 11.9 Å². The number of methoxy groups -OCH3 is 1. The lowest BCUT2D eigenvalue weighted by molar-refractivity contribution is -0.116. The molecule has 2 amide bonds. The largest absolute Gasteiger partial charge is 0.451 e. The van der Waals surface area contributed by atoms with Gasteiger partial charge in [-0.3, -0.25) is 9.59 Å². The number of hydrogen-bond donors (Lipinski definition) is 1. The third kappa shape index (κ3) is 4.14. The number of nitrogens with one attached hydrogen (secondary N) is 1. The molecule has 0 aliphatic rings. The van der Waals surface area contributed by atoms with Crippen LogP contribution in [0, 0.1) is 0 Å². The highest BCUT2D eigenvalue weighted by atomic mass is 35.5. The number of furan rings is 1. The topological polar surface area (TPSA) is 71.8 Å². The molecule has 146 valence electrons. The molecule has 1 N–H and O–H groups in total. The number of anilines is 1. The van der Waals surface area contributed by atoms with Crippen LogP contribution in [0.4, 0.5) is 5.69 Å². The first-order valence-corrected chi connectivity index (χ1v) is 9.16. The summed E-state index contributed by atoms with van der Waals surface area (Å²) in [6.45, 7) is 0.0111. The summed E-state index contributed by atoms with van der Waals surface area (Å²) in [5.74, 6) is -0.715. The van der Waals surface area contributed by atoms with Crippen LogP contribution in [0.25, 0.3) is 11.0 Å². The number of carbonyl (C=O) groups is 2. The van der Waals surface area contributed by atoms with Crippen LogP contribution in [0.1, 0.15) is 16.1 Å². The molecule has 0 saturated carbocycles. The van der Waals surface area contributed by atoms with Gasteiger partial charge in [-0.15, -0.1) is 0 Å². The Kier molecular flexibility index (Phi) is 6.24. The maximum atomic E-state index is 12.9. The Labute approximate surface area is 172 Å². The Morgan fingerprint density at radius 2 is 1.79 bits per heavy atom. The van der Waals surface area contributed by atoms with Gasteiger partial charge in [-0.05, 0) is 18.2 Å². The lowest BCUT2D eigenvalue weighted by Crippen LogP contribution is -2.35. The number of fused-ring (bicyclic) bond motifs is 1. The number of ether oxygens (including phenoxy) is 1. The zero-order valence-electron chi connectivity index (χ0n) is 15.3. The Hall–Kier alpha value is -2.54. The van der Waals surface area contributed by atoms with Gasteiger partial charge in [0.15, 0.2) is 5.76 Å². The molecule has 0 bridgehead atoms. The molecule has 3 rings (SSSR count). The van der Waals surface area contributed by atoms with Crippen LogP contribution in [-0.2, 0) is 16.1 Å². The number of halogens is 2. The van der Waals surface area contributed by atoms with Crippen LogP contribution in [0.5, 0.6) is 0 Å². The fraction of sp³-hybridized carbons (Fsp3) is 0.200. The van der Waals surface area contributed by atoms with Gasteiger partial charge in [0.25, 0.3) is 5.91 Å². The van der Waals surface area contributed by atoms with Gasteiger partial charge >= 0.3 is 0 Å². The Bertz CT molecular complexity index is 1010. The van der Waals surface area contributed by atoms with Crippen molar-refractivity contribution < 1.29 is 18.7 Å². The Balaban J connectivity index is 1.78. The van der Waals surface area contributed by atoms with Gasteiger partial charge in [0.2, 0.25) is 5.91 Å². The van der Waals surface area contributed by atoms with Gasteiger partial charge in [-0.2, -0.15) is 0 Å². The fourth-order valence-electron chi connectivity index (χ4n) is 2.82. The van der Waals surface area contributed by atoms with E-state index in [1.54, 1.807) is 31.4 Å². The molecular formula is C20H18Cl2N2O4. The summed E-state index contributed by atoms with van der Waals surface area (Å²) in [6.07, 6.45) is 0. The van der Waals surface area contributed by atoms with Crippen molar-refractivity contribution in [2.75, 3.05) is 26.0 Å². The van der Waals surface area contributed by atoms with Crippen molar-refractivity contribution in [3.05, 3.63) is 63.8 Å². The molecule has 0 spiro atoms. The number of likely N-dealkylation sites (N-methyl/N-ethyl adjacent to an activating group) is 1. The summed E-state index contributed by atoms with van der Waals surface area (Å²) in [6, 6.07) is 12.2. The predicted octanol–water partition coefficient (Wildman–Crippen LogP) is 4.60. The van der Waals surface area contributed by atoms with Crippen molar-refractivity contribution >= 4 is 51.7 Å². The number of rotatable bonds is 6. The molecule has 2 aromatic carbocycles. The average molecular weight is 421 g/mol. The number of benzene rings is 2. The summed E-state index contributed by atoms with van der Waals surface area (Å²) in [5, 5.41) is 4.06. The van der Waals surface area contributed by atoms with E-state index in [4.69, 9.17) is 32.4 Å². The maximum absolute atomic E-state index is 12.9. The number of para-hydroxylation sites is 2. The third-order valence-corrected chi connectivity index (χ3v) is 4.77. The van der Waals surface area contributed by atoms with E-state index < -0.39 is 11.8 Å². The first kappa shape index (κ1) is 20.2. The van der Waals surface area contributed by atoms with Crippen molar-refractivity contribution in [3.8, 4) is 0 Å². The fourth-order valence-corrected chi connectivity index (χ4v) is 3.31. The summed E-state index contributed by atoms with van der Waals surface area (Å²) >= 11 is 12.1. The normalized spacial score (nSPS) is 10.9. The molecule has 0 unspecified atom stereocenters. The number of nitrogens with zero attached hydrogens (tertiary/aromatic N) is 1. The van der Waals surface area contributed by atoms with Crippen LogP contribution < -0.4 is 5.32 Å². The minimum Gasteiger partial charge on any atom is -0.451 e. The lowest BCUT2D eigenvalue weighted by Gasteiger charge is -2.17. The van der Waals surface area contributed by atoms with Crippen LogP contribution >= 0.6 is 23.2 Å². The second-order valence-corrected chi connectivity index (χ2v) is 6.96. The number of hydrogen-bond acceptors (Lipinski definition) is 4. The molecule has 1 heterocycles. The summed E-state index contributed by atoms with van der Waals surface area (Å²) in [5.41, 5.74) is 1.53. The molecule has 0 aliphatic carbocycles. The highest BCUT2D eigenvalue weighted by Crippen LogP contribution is 2.30. The zero-order valence-corrected chi connectivity index (χ0v) is 16.8. The number of amides is 2. The Morgan fingerprint density at radius 3 is 2.46 bits per heavy atom. The second kappa shape index (κ2) is 8.65. The molecule has 0 aliphatic heterocycles. The standard InChI is InChI=1S/C20H18Cl2N2O4/c1-24(10-17(25)23-18-14(21)7-5-8-15(18)22)20(26)19-13(11-27-2)12-6-3-4-9-16(12)28-19/h3-9H,10-11H2,1-2H3,(H,23,25). The molecule has 1 aromatic heterocycles. The number of carbonyl (C=O) groups excluding carboxylic acids is 2. The van der Waals surface area contributed by atoms with Crippen LogP contribution in [-0.4, -0.2) is 37.4 Å². The minimum absolute atomic E-state index is 0.147.